The Kier molecular flexibility index (Phi) is 1.72. The van der Waals surface area contributed by atoms with Crippen LogP contribution in [-0.4, -0.2) is 24.8 Å². The molecule has 0 aromatic heterocycles. The number of nitriles is 1. The summed E-state index contributed by atoms with van der Waals surface area (Å²) >= 11 is 0. The van der Waals surface area contributed by atoms with Crippen molar-refractivity contribution in [3.63, 3.8) is 0 Å². The van der Waals surface area contributed by atoms with Gasteiger partial charge in [0.05, 0.1) is 30.2 Å². The second-order valence-corrected chi connectivity index (χ2v) is 2.34. The zero-order chi connectivity index (χ0) is 7.56. The Morgan fingerprint density at radius 2 is 2.50 bits per heavy atom. The number of nitrogens with zero attached hydrogens (tertiary/aromatic N) is 3. The van der Waals surface area contributed by atoms with Crippen molar-refractivity contribution < 1.29 is 0 Å². The Hall–Kier alpha value is -1.30. The molecule has 0 aromatic carbocycles. The summed E-state index contributed by atoms with van der Waals surface area (Å²) in [5.41, 5.74) is 1.59. The molecular formula is C7H9N3. The molecule has 3 heteroatoms. The van der Waals surface area contributed by atoms with Crippen LogP contribution in [0.4, 0.5) is 0 Å². The SMILES string of the molecule is CC1=C(C#N)CN(C)C=N1. The van der Waals surface area contributed by atoms with Gasteiger partial charge in [-0.15, -0.1) is 0 Å². The smallest absolute Gasteiger partial charge is 0.0985 e. The van der Waals surface area contributed by atoms with E-state index in [1.807, 2.05) is 18.9 Å². The van der Waals surface area contributed by atoms with Crippen LogP contribution in [0.3, 0.4) is 0 Å². The summed E-state index contributed by atoms with van der Waals surface area (Å²) in [5, 5.41) is 8.57. The van der Waals surface area contributed by atoms with Gasteiger partial charge in [-0.3, -0.25) is 0 Å². The van der Waals surface area contributed by atoms with E-state index in [1.54, 1.807) is 6.34 Å². The molecule has 0 N–H and O–H groups in total. The molecule has 1 aliphatic rings. The van der Waals surface area contributed by atoms with E-state index in [1.165, 1.54) is 0 Å². The molecule has 0 unspecified atom stereocenters. The molecule has 0 atom stereocenters. The van der Waals surface area contributed by atoms with Crippen molar-refractivity contribution in [3.8, 4) is 6.07 Å². The molecule has 1 aliphatic heterocycles. The van der Waals surface area contributed by atoms with Crippen molar-refractivity contribution in [2.45, 2.75) is 6.92 Å². The third-order valence-electron chi connectivity index (χ3n) is 1.43. The van der Waals surface area contributed by atoms with Crippen molar-refractivity contribution in [2.24, 2.45) is 4.99 Å². The second-order valence-electron chi connectivity index (χ2n) is 2.34. The lowest BCUT2D eigenvalue weighted by Crippen LogP contribution is -2.22. The van der Waals surface area contributed by atoms with Gasteiger partial charge in [0.1, 0.15) is 0 Å². The van der Waals surface area contributed by atoms with Crippen LogP contribution >= 0.6 is 0 Å². The topological polar surface area (TPSA) is 39.4 Å². The van der Waals surface area contributed by atoms with Gasteiger partial charge in [-0.2, -0.15) is 5.26 Å². The standard InChI is InChI=1S/C7H9N3/c1-6-7(3-8)4-10(2)5-9-6/h5H,4H2,1-2H3. The largest absolute Gasteiger partial charge is 0.361 e. The van der Waals surface area contributed by atoms with Gasteiger partial charge in [0.15, 0.2) is 0 Å². The number of rotatable bonds is 0. The van der Waals surface area contributed by atoms with Crippen LogP contribution in [0.2, 0.25) is 0 Å². The fourth-order valence-electron chi connectivity index (χ4n) is 0.784. The fourth-order valence-corrected chi connectivity index (χ4v) is 0.784. The number of likely N-dealkylation sites (N-methyl/N-ethyl adjacent to an activating group) is 1. The van der Waals surface area contributed by atoms with Gasteiger partial charge in [0.2, 0.25) is 0 Å². The molecule has 0 bridgehead atoms. The Morgan fingerprint density at radius 1 is 1.80 bits per heavy atom. The molecular weight excluding hydrogens is 126 g/mol. The highest BCUT2D eigenvalue weighted by atomic mass is 15.1. The predicted octanol–water partition coefficient (Wildman–Crippen LogP) is 0.758. The lowest BCUT2D eigenvalue weighted by Gasteiger charge is -2.16. The molecule has 0 aromatic rings. The van der Waals surface area contributed by atoms with Crippen LogP contribution in [0.5, 0.6) is 0 Å². The molecule has 0 saturated heterocycles. The van der Waals surface area contributed by atoms with Crippen molar-refractivity contribution in [1.82, 2.24) is 4.90 Å². The molecule has 0 radical (unpaired) electrons. The van der Waals surface area contributed by atoms with E-state index in [9.17, 15) is 0 Å². The first-order valence-corrected chi connectivity index (χ1v) is 3.08. The first kappa shape index (κ1) is 6.81. The minimum absolute atomic E-state index is 0.686. The maximum Gasteiger partial charge on any atom is 0.0985 e. The highest BCUT2D eigenvalue weighted by Crippen LogP contribution is 2.08. The molecule has 0 amide bonds. The van der Waals surface area contributed by atoms with Crippen molar-refractivity contribution in [1.29, 1.82) is 5.26 Å². The normalized spacial score (nSPS) is 17.5. The minimum atomic E-state index is 0.686. The lowest BCUT2D eigenvalue weighted by molar-refractivity contribution is 0.559. The molecule has 3 nitrogen and oxygen atoms in total. The third kappa shape index (κ3) is 1.16. The Bertz CT molecular complexity index is 232. The summed E-state index contributed by atoms with van der Waals surface area (Å²) < 4.78 is 0. The average Bonchev–Trinajstić information content (AvgIpc) is 1.94. The molecule has 1 heterocycles. The van der Waals surface area contributed by atoms with Crippen LogP contribution in [0, 0.1) is 11.3 Å². The fraction of sp³-hybridized carbons (Fsp3) is 0.429. The summed E-state index contributed by atoms with van der Waals surface area (Å²) in [5.74, 6) is 0. The Morgan fingerprint density at radius 3 is 3.00 bits per heavy atom. The second kappa shape index (κ2) is 2.53. The van der Waals surface area contributed by atoms with E-state index < -0.39 is 0 Å². The lowest BCUT2D eigenvalue weighted by atomic mass is 10.2. The molecule has 0 aliphatic carbocycles. The monoisotopic (exact) mass is 135 g/mol. The molecule has 0 spiro atoms. The Labute approximate surface area is 60.3 Å². The summed E-state index contributed by atoms with van der Waals surface area (Å²) in [6.45, 7) is 2.54. The van der Waals surface area contributed by atoms with Gasteiger partial charge in [-0.25, -0.2) is 4.99 Å². The first-order valence-electron chi connectivity index (χ1n) is 3.08. The number of hydrogen-bond donors (Lipinski definition) is 0. The van der Waals surface area contributed by atoms with E-state index >= 15 is 0 Å². The van der Waals surface area contributed by atoms with Crippen LogP contribution in [0.25, 0.3) is 0 Å². The van der Waals surface area contributed by atoms with Gasteiger partial charge in [0.25, 0.3) is 0 Å². The van der Waals surface area contributed by atoms with E-state index in [-0.39, 0.29) is 0 Å². The number of hydrogen-bond acceptors (Lipinski definition) is 3. The quantitative estimate of drug-likeness (QED) is 0.492. The van der Waals surface area contributed by atoms with Crippen LogP contribution in [-0.2, 0) is 0 Å². The van der Waals surface area contributed by atoms with Crippen molar-refractivity contribution in [3.05, 3.63) is 11.3 Å². The first-order chi connectivity index (χ1) is 4.74. The van der Waals surface area contributed by atoms with E-state index in [2.05, 4.69) is 11.1 Å². The van der Waals surface area contributed by atoms with E-state index in [4.69, 9.17) is 5.26 Å². The molecule has 1 rings (SSSR count). The van der Waals surface area contributed by atoms with Gasteiger partial charge < -0.3 is 4.90 Å². The predicted molar refractivity (Wildman–Crippen MR) is 39.4 cm³/mol. The number of allylic oxidation sites excluding steroid dienone is 1. The van der Waals surface area contributed by atoms with Gasteiger partial charge in [0, 0.05) is 7.05 Å². The van der Waals surface area contributed by atoms with Crippen molar-refractivity contribution in [2.75, 3.05) is 13.6 Å². The highest BCUT2D eigenvalue weighted by Gasteiger charge is 2.07. The summed E-state index contributed by atoms with van der Waals surface area (Å²) in [6, 6.07) is 2.11. The number of aliphatic imine (C=N–C) groups is 1. The maximum absolute atomic E-state index is 8.57. The van der Waals surface area contributed by atoms with Crippen LogP contribution in [0.15, 0.2) is 16.3 Å². The minimum Gasteiger partial charge on any atom is -0.361 e. The van der Waals surface area contributed by atoms with Gasteiger partial charge in [-0.05, 0) is 6.92 Å². The van der Waals surface area contributed by atoms with E-state index in [0.717, 1.165) is 11.3 Å². The summed E-state index contributed by atoms with van der Waals surface area (Å²) in [6.07, 6.45) is 1.73. The summed E-state index contributed by atoms with van der Waals surface area (Å²) in [7, 11) is 1.90. The molecule has 0 fully saturated rings. The molecule has 0 saturated carbocycles. The van der Waals surface area contributed by atoms with Gasteiger partial charge >= 0.3 is 0 Å². The molecule has 10 heavy (non-hydrogen) atoms. The average molecular weight is 135 g/mol. The Balaban J connectivity index is 2.87. The van der Waals surface area contributed by atoms with Gasteiger partial charge in [-0.1, -0.05) is 0 Å². The third-order valence-corrected chi connectivity index (χ3v) is 1.43. The highest BCUT2D eigenvalue weighted by molar-refractivity contribution is 5.60. The maximum atomic E-state index is 8.57. The summed E-state index contributed by atoms with van der Waals surface area (Å²) in [4.78, 5) is 5.90. The molecule has 52 valence electrons. The zero-order valence-corrected chi connectivity index (χ0v) is 6.13. The van der Waals surface area contributed by atoms with E-state index in [0.29, 0.717) is 6.54 Å². The van der Waals surface area contributed by atoms with Crippen LogP contribution < -0.4 is 0 Å². The van der Waals surface area contributed by atoms with Crippen molar-refractivity contribution >= 4 is 6.34 Å². The van der Waals surface area contributed by atoms with Crippen LogP contribution in [0.1, 0.15) is 6.92 Å². The zero-order valence-electron chi connectivity index (χ0n) is 6.13.